The Hall–Kier alpha value is -2.49. The minimum Gasteiger partial charge on any atom is -0.491 e. The Morgan fingerprint density at radius 1 is 1.41 bits per heavy atom. The lowest BCUT2D eigenvalue weighted by atomic mass is 9.97. The molecule has 3 N–H and O–H groups in total. The third kappa shape index (κ3) is 2.88. The second-order valence-corrected chi connectivity index (χ2v) is 7.21. The van der Waals surface area contributed by atoms with Crippen LogP contribution in [0.4, 0.5) is 11.5 Å². The average molecular weight is 372 g/mol. The number of aliphatic hydroxyl groups excluding tert-OH is 1. The van der Waals surface area contributed by atoms with Crippen LogP contribution in [0.3, 0.4) is 0 Å². The quantitative estimate of drug-likeness (QED) is 0.722. The molecule has 0 aliphatic carbocycles. The molecule has 0 bridgehead atoms. The Morgan fingerprint density at radius 3 is 2.85 bits per heavy atom. The van der Waals surface area contributed by atoms with Gasteiger partial charge in [-0.25, -0.2) is 9.97 Å². The van der Waals surface area contributed by atoms with E-state index in [2.05, 4.69) is 32.5 Å². The lowest BCUT2D eigenvalue weighted by Crippen LogP contribution is -2.53. The molecule has 1 fully saturated rings. The van der Waals surface area contributed by atoms with E-state index in [4.69, 9.17) is 4.74 Å². The number of pyridine rings is 1. The molecular weight excluding hydrogens is 348 g/mol. The van der Waals surface area contributed by atoms with E-state index in [1.54, 1.807) is 10.6 Å². The first-order chi connectivity index (χ1) is 12.9. The molecule has 2 aromatic rings. The number of likely N-dealkylation sites (tertiary alicyclic amines) is 1. The highest BCUT2D eigenvalue weighted by Gasteiger charge is 2.46. The third-order valence-electron chi connectivity index (χ3n) is 5.50. The van der Waals surface area contributed by atoms with Crippen molar-refractivity contribution in [1.82, 2.24) is 24.8 Å². The zero-order valence-corrected chi connectivity index (χ0v) is 15.7. The molecular formula is C18H24N6O3. The van der Waals surface area contributed by atoms with E-state index in [1.165, 1.54) is 19.6 Å². The number of anilines is 2. The highest BCUT2D eigenvalue weighted by Crippen LogP contribution is 2.38. The number of fused-ring (bicyclic) bond motifs is 2. The number of aliphatic hydroxyl groups is 1. The van der Waals surface area contributed by atoms with E-state index < -0.39 is 11.9 Å². The first-order valence-electron chi connectivity index (χ1n) is 8.97. The SMILES string of the molecule is COc1cncnc1Nc1cc(C)c2n(c1=O)C1(CCN(C)CC1)NC2O. The topological polar surface area (TPSA) is 105 Å². The van der Waals surface area contributed by atoms with Gasteiger partial charge >= 0.3 is 0 Å². The maximum absolute atomic E-state index is 13.4. The summed E-state index contributed by atoms with van der Waals surface area (Å²) in [7, 11) is 3.59. The summed E-state index contributed by atoms with van der Waals surface area (Å²) in [5, 5.41) is 16.9. The Labute approximate surface area is 157 Å². The Morgan fingerprint density at radius 2 is 2.15 bits per heavy atom. The number of methoxy groups -OCH3 is 1. The molecule has 27 heavy (non-hydrogen) atoms. The van der Waals surface area contributed by atoms with Gasteiger partial charge in [0.05, 0.1) is 19.0 Å². The molecule has 1 spiro atoms. The molecule has 4 heterocycles. The first kappa shape index (κ1) is 17.9. The molecule has 0 aromatic carbocycles. The van der Waals surface area contributed by atoms with Crippen molar-refractivity contribution in [3.8, 4) is 5.75 Å². The van der Waals surface area contributed by atoms with Crippen LogP contribution in [0.2, 0.25) is 0 Å². The van der Waals surface area contributed by atoms with Crippen LogP contribution in [-0.2, 0) is 5.66 Å². The van der Waals surface area contributed by atoms with Crippen molar-refractivity contribution in [2.45, 2.75) is 31.7 Å². The Kier molecular flexibility index (Phi) is 4.37. The van der Waals surface area contributed by atoms with Gasteiger partial charge in [0.15, 0.2) is 11.6 Å². The van der Waals surface area contributed by atoms with Crippen LogP contribution in [0.5, 0.6) is 5.75 Å². The fourth-order valence-electron chi connectivity index (χ4n) is 4.04. The van der Waals surface area contributed by atoms with Crippen LogP contribution < -0.4 is 20.9 Å². The summed E-state index contributed by atoms with van der Waals surface area (Å²) in [6, 6.07) is 1.74. The van der Waals surface area contributed by atoms with Crippen LogP contribution in [0.1, 0.15) is 30.3 Å². The third-order valence-corrected chi connectivity index (χ3v) is 5.50. The molecule has 1 saturated heterocycles. The second kappa shape index (κ2) is 6.59. The van der Waals surface area contributed by atoms with E-state index in [0.29, 0.717) is 22.9 Å². The molecule has 0 radical (unpaired) electrons. The van der Waals surface area contributed by atoms with Gasteiger partial charge in [-0.2, -0.15) is 0 Å². The van der Waals surface area contributed by atoms with Gasteiger partial charge in [0.2, 0.25) is 0 Å². The highest BCUT2D eigenvalue weighted by molar-refractivity contribution is 5.62. The minimum absolute atomic E-state index is 0.190. The predicted molar refractivity (Wildman–Crippen MR) is 100 cm³/mol. The van der Waals surface area contributed by atoms with Crippen molar-refractivity contribution in [3.05, 3.63) is 40.2 Å². The van der Waals surface area contributed by atoms with E-state index in [0.717, 1.165) is 31.5 Å². The molecule has 9 nitrogen and oxygen atoms in total. The Bertz CT molecular complexity index is 920. The van der Waals surface area contributed by atoms with Crippen molar-refractivity contribution >= 4 is 11.5 Å². The molecule has 144 valence electrons. The van der Waals surface area contributed by atoms with Crippen molar-refractivity contribution < 1.29 is 9.84 Å². The number of hydrogen-bond donors (Lipinski definition) is 3. The summed E-state index contributed by atoms with van der Waals surface area (Å²) in [6.07, 6.45) is 3.56. The molecule has 0 amide bonds. The van der Waals surface area contributed by atoms with Crippen LogP contribution >= 0.6 is 0 Å². The van der Waals surface area contributed by atoms with E-state index in [9.17, 15) is 9.90 Å². The molecule has 1 atom stereocenters. The second-order valence-electron chi connectivity index (χ2n) is 7.21. The monoisotopic (exact) mass is 372 g/mol. The zero-order valence-electron chi connectivity index (χ0n) is 15.7. The van der Waals surface area contributed by atoms with E-state index in [1.807, 2.05) is 6.92 Å². The summed E-state index contributed by atoms with van der Waals surface area (Å²) in [5.41, 5.74) is 1.09. The predicted octanol–water partition coefficient (Wildman–Crippen LogP) is 0.671. The fourth-order valence-corrected chi connectivity index (χ4v) is 4.04. The summed E-state index contributed by atoms with van der Waals surface area (Å²) in [5.74, 6) is 0.876. The van der Waals surface area contributed by atoms with Crippen LogP contribution in [-0.4, -0.2) is 51.8 Å². The minimum atomic E-state index is -0.858. The van der Waals surface area contributed by atoms with Gasteiger partial charge in [0, 0.05) is 13.1 Å². The molecule has 2 aliphatic heterocycles. The molecule has 9 heteroatoms. The van der Waals surface area contributed by atoms with Gasteiger partial charge in [-0.3, -0.25) is 14.7 Å². The summed E-state index contributed by atoms with van der Waals surface area (Å²) in [4.78, 5) is 23.7. The van der Waals surface area contributed by atoms with Crippen molar-refractivity contribution in [3.63, 3.8) is 0 Å². The van der Waals surface area contributed by atoms with Gasteiger partial charge in [0.25, 0.3) is 5.56 Å². The maximum Gasteiger partial charge on any atom is 0.276 e. The number of piperidine rings is 1. The van der Waals surface area contributed by atoms with Gasteiger partial charge in [-0.1, -0.05) is 0 Å². The highest BCUT2D eigenvalue weighted by atomic mass is 16.5. The number of nitrogens with zero attached hydrogens (tertiary/aromatic N) is 4. The molecule has 2 aliphatic rings. The largest absolute Gasteiger partial charge is 0.491 e. The van der Waals surface area contributed by atoms with Crippen LogP contribution in [0.25, 0.3) is 0 Å². The summed E-state index contributed by atoms with van der Waals surface area (Å²) >= 11 is 0. The molecule has 0 saturated carbocycles. The number of nitrogens with one attached hydrogen (secondary N) is 2. The van der Waals surface area contributed by atoms with Gasteiger partial charge in [-0.15, -0.1) is 0 Å². The number of rotatable bonds is 3. The van der Waals surface area contributed by atoms with Crippen LogP contribution in [0.15, 0.2) is 23.4 Å². The maximum atomic E-state index is 13.4. The number of hydrogen-bond acceptors (Lipinski definition) is 8. The van der Waals surface area contributed by atoms with Gasteiger partial charge in [0.1, 0.15) is 23.9 Å². The standard InChI is InChI=1S/C18H24N6O3/c1-11-8-12(21-15-13(27-3)9-19-10-20-15)17(26)24-14(11)16(25)22-18(24)4-6-23(2)7-5-18/h8-10,16,22,25H,4-7H2,1-3H3,(H,19,20,21). The first-order valence-corrected chi connectivity index (χ1v) is 8.97. The number of aromatic nitrogens is 3. The number of ether oxygens (including phenoxy) is 1. The van der Waals surface area contributed by atoms with Crippen molar-refractivity contribution in [1.29, 1.82) is 0 Å². The van der Waals surface area contributed by atoms with Gasteiger partial charge < -0.3 is 20.1 Å². The van der Waals surface area contributed by atoms with Crippen molar-refractivity contribution in [2.24, 2.45) is 0 Å². The van der Waals surface area contributed by atoms with E-state index in [-0.39, 0.29) is 5.56 Å². The average Bonchev–Trinajstić information content (AvgIpc) is 2.95. The Balaban J connectivity index is 1.81. The smallest absolute Gasteiger partial charge is 0.276 e. The lowest BCUT2D eigenvalue weighted by molar-refractivity contribution is 0.0571. The molecule has 4 rings (SSSR count). The fraction of sp³-hybridized carbons (Fsp3) is 0.500. The summed E-state index contributed by atoms with van der Waals surface area (Å²) < 4.78 is 7.00. The van der Waals surface area contributed by atoms with Gasteiger partial charge in [-0.05, 0) is 38.4 Å². The normalized spacial score (nSPS) is 21.3. The zero-order chi connectivity index (χ0) is 19.2. The summed E-state index contributed by atoms with van der Waals surface area (Å²) in [6.45, 7) is 3.59. The van der Waals surface area contributed by atoms with Crippen LogP contribution in [0, 0.1) is 6.92 Å². The molecule has 2 aromatic heterocycles. The van der Waals surface area contributed by atoms with Crippen molar-refractivity contribution in [2.75, 3.05) is 32.6 Å². The molecule has 1 unspecified atom stereocenters. The lowest BCUT2D eigenvalue weighted by Gasteiger charge is -2.39. The van der Waals surface area contributed by atoms with E-state index >= 15 is 0 Å². The number of aryl methyl sites for hydroxylation is 1.